The van der Waals surface area contributed by atoms with Crippen LogP contribution in [0.25, 0.3) is 0 Å². The summed E-state index contributed by atoms with van der Waals surface area (Å²) in [5.41, 5.74) is 1.07. The molecule has 0 radical (unpaired) electrons. The first-order valence-electron chi connectivity index (χ1n) is 8.50. The minimum Gasteiger partial charge on any atom is -0.386 e. The number of anilines is 1. The van der Waals surface area contributed by atoms with Crippen LogP contribution in [0, 0.1) is 5.82 Å². The number of halogens is 2. The number of quaternary nitrogens is 1. The third-order valence-corrected chi connectivity index (χ3v) is 5.80. The lowest BCUT2D eigenvalue weighted by atomic mass is 10.2. The summed E-state index contributed by atoms with van der Waals surface area (Å²) in [4.78, 5) is 4.77. The number of hydrogen-bond acceptors (Lipinski definition) is 3. The molecule has 134 valence electrons. The zero-order chi connectivity index (χ0) is 17.6. The smallest absolute Gasteiger partial charge is 0.123 e. The average Bonchev–Trinajstić information content (AvgIpc) is 2.62. The summed E-state index contributed by atoms with van der Waals surface area (Å²) in [7, 11) is 0. The second-order valence-corrected chi connectivity index (χ2v) is 7.87. The molecule has 2 N–H and O–H groups in total. The molecule has 0 amide bonds. The zero-order valence-electron chi connectivity index (χ0n) is 14.0. The van der Waals surface area contributed by atoms with Gasteiger partial charge in [-0.1, -0.05) is 17.7 Å². The lowest BCUT2D eigenvalue weighted by molar-refractivity contribution is -0.903. The molecular formula is C19H23ClFN2OS+. The second kappa shape index (κ2) is 8.90. The average molecular weight is 382 g/mol. The summed E-state index contributed by atoms with van der Waals surface area (Å²) in [6.07, 6.45) is -0.337. The van der Waals surface area contributed by atoms with Crippen LogP contribution in [0.15, 0.2) is 53.4 Å². The number of benzene rings is 2. The Kier molecular flexibility index (Phi) is 6.59. The van der Waals surface area contributed by atoms with Crippen molar-refractivity contribution in [2.24, 2.45) is 0 Å². The SMILES string of the molecule is O[C@H](CSc1cccc(Cl)c1)C[NH+]1CCN(c2ccc(F)cc2)CC1. The van der Waals surface area contributed by atoms with Gasteiger partial charge < -0.3 is 14.9 Å². The molecule has 0 unspecified atom stereocenters. The van der Waals surface area contributed by atoms with Crippen molar-refractivity contribution in [3.8, 4) is 0 Å². The number of hydrogen-bond donors (Lipinski definition) is 2. The maximum absolute atomic E-state index is 13.0. The minimum absolute atomic E-state index is 0.201. The van der Waals surface area contributed by atoms with Crippen LogP contribution in [0.5, 0.6) is 0 Å². The molecule has 1 heterocycles. The molecule has 6 heteroatoms. The van der Waals surface area contributed by atoms with Crippen molar-refractivity contribution in [3.05, 3.63) is 59.4 Å². The molecule has 1 aliphatic rings. The highest BCUT2D eigenvalue weighted by molar-refractivity contribution is 7.99. The van der Waals surface area contributed by atoms with E-state index in [0.29, 0.717) is 5.75 Å². The van der Waals surface area contributed by atoms with E-state index in [4.69, 9.17) is 11.6 Å². The topological polar surface area (TPSA) is 27.9 Å². The van der Waals surface area contributed by atoms with Crippen LogP contribution in [0.2, 0.25) is 5.02 Å². The summed E-state index contributed by atoms with van der Waals surface area (Å²) in [5.74, 6) is 0.472. The van der Waals surface area contributed by atoms with Gasteiger partial charge in [-0.2, -0.15) is 0 Å². The molecule has 3 rings (SSSR count). The van der Waals surface area contributed by atoms with Crippen LogP contribution in [0.1, 0.15) is 0 Å². The van der Waals surface area contributed by atoms with E-state index in [-0.39, 0.29) is 11.9 Å². The van der Waals surface area contributed by atoms with Crippen LogP contribution >= 0.6 is 23.4 Å². The van der Waals surface area contributed by atoms with Crippen molar-refractivity contribution >= 4 is 29.1 Å². The van der Waals surface area contributed by atoms with Crippen molar-refractivity contribution in [1.82, 2.24) is 0 Å². The molecule has 0 saturated carbocycles. The fourth-order valence-corrected chi connectivity index (χ4v) is 4.22. The Hall–Kier alpha value is -1.27. The van der Waals surface area contributed by atoms with E-state index >= 15 is 0 Å². The zero-order valence-corrected chi connectivity index (χ0v) is 15.6. The monoisotopic (exact) mass is 381 g/mol. The van der Waals surface area contributed by atoms with Gasteiger partial charge in [0.05, 0.1) is 26.2 Å². The molecule has 2 aromatic rings. The molecule has 1 saturated heterocycles. The van der Waals surface area contributed by atoms with E-state index < -0.39 is 0 Å². The van der Waals surface area contributed by atoms with Gasteiger partial charge in [0.15, 0.2) is 0 Å². The lowest BCUT2D eigenvalue weighted by Gasteiger charge is -2.34. The Labute approximate surface area is 157 Å². The highest BCUT2D eigenvalue weighted by Gasteiger charge is 2.22. The van der Waals surface area contributed by atoms with Crippen molar-refractivity contribution < 1.29 is 14.4 Å². The molecule has 25 heavy (non-hydrogen) atoms. The Morgan fingerprint density at radius 2 is 1.88 bits per heavy atom. The van der Waals surface area contributed by atoms with Gasteiger partial charge in [0.25, 0.3) is 0 Å². The fourth-order valence-electron chi connectivity index (χ4n) is 3.08. The Morgan fingerprint density at radius 1 is 1.16 bits per heavy atom. The van der Waals surface area contributed by atoms with E-state index in [1.165, 1.54) is 17.0 Å². The van der Waals surface area contributed by atoms with E-state index in [1.807, 2.05) is 36.4 Å². The molecule has 3 nitrogen and oxygen atoms in total. The molecule has 1 fully saturated rings. The Morgan fingerprint density at radius 3 is 2.56 bits per heavy atom. The first-order valence-corrected chi connectivity index (χ1v) is 9.87. The van der Waals surface area contributed by atoms with Gasteiger partial charge in [0.2, 0.25) is 0 Å². The first-order chi connectivity index (χ1) is 12.1. The summed E-state index contributed by atoms with van der Waals surface area (Å²) in [6.45, 7) is 4.57. The predicted molar refractivity (Wildman–Crippen MR) is 102 cm³/mol. The maximum atomic E-state index is 13.0. The highest BCUT2D eigenvalue weighted by atomic mass is 35.5. The largest absolute Gasteiger partial charge is 0.386 e. The Balaban J connectivity index is 1.41. The summed E-state index contributed by atoms with van der Waals surface area (Å²) in [6, 6.07) is 14.4. The van der Waals surface area contributed by atoms with E-state index in [0.717, 1.165) is 48.3 Å². The molecule has 0 aromatic heterocycles. The number of aliphatic hydroxyl groups excluding tert-OH is 1. The van der Waals surface area contributed by atoms with Crippen molar-refractivity contribution in [2.75, 3.05) is 43.4 Å². The normalized spacial score (nSPS) is 16.8. The Bertz CT molecular complexity index is 677. The third kappa shape index (κ3) is 5.61. The molecule has 0 aliphatic carbocycles. The number of nitrogens with zero attached hydrogens (tertiary/aromatic N) is 1. The van der Waals surface area contributed by atoms with Gasteiger partial charge in [0.1, 0.15) is 18.5 Å². The number of aliphatic hydroxyl groups is 1. The predicted octanol–water partition coefficient (Wildman–Crippen LogP) is 2.34. The number of piperazine rings is 1. The third-order valence-electron chi connectivity index (χ3n) is 4.43. The highest BCUT2D eigenvalue weighted by Crippen LogP contribution is 2.22. The number of nitrogens with one attached hydrogen (secondary N) is 1. The van der Waals surface area contributed by atoms with Crippen LogP contribution in [0.3, 0.4) is 0 Å². The van der Waals surface area contributed by atoms with Gasteiger partial charge in [-0.15, -0.1) is 11.8 Å². The molecule has 2 aromatic carbocycles. The summed E-state index contributed by atoms with van der Waals surface area (Å²) >= 11 is 7.62. The van der Waals surface area contributed by atoms with Gasteiger partial charge in [0, 0.05) is 21.4 Å². The molecule has 0 bridgehead atoms. The molecule has 0 spiro atoms. The first kappa shape index (κ1) is 18.5. The van der Waals surface area contributed by atoms with Crippen LogP contribution < -0.4 is 9.80 Å². The summed E-state index contributed by atoms with van der Waals surface area (Å²) < 4.78 is 13.0. The van der Waals surface area contributed by atoms with Crippen molar-refractivity contribution in [1.29, 1.82) is 0 Å². The molecular weight excluding hydrogens is 359 g/mol. The molecule has 1 atom stereocenters. The van der Waals surface area contributed by atoms with E-state index in [1.54, 1.807) is 11.8 Å². The number of thioether (sulfide) groups is 1. The van der Waals surface area contributed by atoms with Crippen molar-refractivity contribution in [3.63, 3.8) is 0 Å². The fraction of sp³-hybridized carbons (Fsp3) is 0.368. The van der Waals surface area contributed by atoms with Gasteiger partial charge >= 0.3 is 0 Å². The molecule has 1 aliphatic heterocycles. The lowest BCUT2D eigenvalue weighted by Crippen LogP contribution is -3.15. The quantitative estimate of drug-likeness (QED) is 0.752. The van der Waals surface area contributed by atoms with Gasteiger partial charge in [-0.25, -0.2) is 4.39 Å². The maximum Gasteiger partial charge on any atom is 0.123 e. The van der Waals surface area contributed by atoms with Crippen molar-refractivity contribution in [2.45, 2.75) is 11.0 Å². The standard InChI is InChI=1S/C19H22ClFN2OS/c20-15-2-1-3-19(12-15)25-14-18(24)13-22-8-10-23(11-9-22)17-6-4-16(21)5-7-17/h1-7,12,18,24H,8-11,13-14H2/p+1/t18-/m0/s1. The minimum atomic E-state index is -0.337. The van der Waals surface area contributed by atoms with Gasteiger partial charge in [-0.3, -0.25) is 0 Å². The van der Waals surface area contributed by atoms with E-state index in [9.17, 15) is 9.50 Å². The van der Waals surface area contributed by atoms with Crippen LogP contribution in [-0.2, 0) is 0 Å². The van der Waals surface area contributed by atoms with Crippen LogP contribution in [-0.4, -0.2) is 49.7 Å². The van der Waals surface area contributed by atoms with E-state index in [2.05, 4.69) is 4.90 Å². The number of rotatable bonds is 6. The summed E-state index contributed by atoms with van der Waals surface area (Å²) in [5, 5.41) is 11.0. The van der Waals surface area contributed by atoms with Gasteiger partial charge in [-0.05, 0) is 42.5 Å². The van der Waals surface area contributed by atoms with Crippen LogP contribution in [0.4, 0.5) is 10.1 Å². The second-order valence-electron chi connectivity index (χ2n) is 6.34.